The van der Waals surface area contributed by atoms with Crippen molar-refractivity contribution in [3.05, 3.63) is 65.2 Å². The molecule has 14 heteroatoms. The van der Waals surface area contributed by atoms with Gasteiger partial charge in [0.05, 0.1) is 39.8 Å². The van der Waals surface area contributed by atoms with Gasteiger partial charge in [0.25, 0.3) is 10.0 Å². The maximum Gasteiger partial charge on any atom is 0.409 e. The first-order valence-corrected chi connectivity index (χ1v) is 15.9. The van der Waals surface area contributed by atoms with Crippen LogP contribution in [0.5, 0.6) is 0 Å². The number of piperidine rings is 1. The number of nitrogens with one attached hydrogen (secondary N) is 1. The van der Waals surface area contributed by atoms with Crippen LogP contribution in [0.2, 0.25) is 5.28 Å². The summed E-state index contributed by atoms with van der Waals surface area (Å²) in [6.07, 6.45) is 4.68. The van der Waals surface area contributed by atoms with Crippen molar-refractivity contribution < 1.29 is 26.8 Å². The zero-order valence-corrected chi connectivity index (χ0v) is 25.5. The fourth-order valence-electron chi connectivity index (χ4n) is 4.52. The van der Waals surface area contributed by atoms with Gasteiger partial charge in [-0.05, 0) is 54.6 Å². The number of furan rings is 1. The summed E-state index contributed by atoms with van der Waals surface area (Å²) < 4.78 is 54.1. The smallest absolute Gasteiger partial charge is 0.409 e. The lowest BCUT2D eigenvalue weighted by Crippen LogP contribution is -2.44. The van der Waals surface area contributed by atoms with E-state index in [0.717, 1.165) is 11.3 Å². The number of hydrogen-bond acceptors (Lipinski definition) is 9. The third-order valence-corrected chi connectivity index (χ3v) is 9.88. The Morgan fingerprint density at radius 1 is 1.24 bits per heavy atom. The number of sulfonamides is 1. The Labute approximate surface area is 252 Å². The van der Waals surface area contributed by atoms with E-state index in [9.17, 15) is 13.2 Å². The number of amides is 1. The number of aromatic nitrogens is 3. The second kappa shape index (κ2) is 12.0. The van der Waals surface area contributed by atoms with Gasteiger partial charge >= 0.3 is 6.09 Å². The van der Waals surface area contributed by atoms with Gasteiger partial charge in [0.1, 0.15) is 11.2 Å². The number of anilines is 1. The van der Waals surface area contributed by atoms with Crippen LogP contribution in [-0.2, 0) is 20.2 Å². The third kappa shape index (κ3) is 6.27. The van der Waals surface area contributed by atoms with Gasteiger partial charge in [-0.3, -0.25) is 4.72 Å². The lowest BCUT2D eigenvalue weighted by Gasteiger charge is -2.37. The Hall–Kier alpha value is -3.55. The van der Waals surface area contributed by atoms with Crippen molar-refractivity contribution in [3.8, 4) is 21.8 Å². The van der Waals surface area contributed by atoms with Crippen LogP contribution in [0.3, 0.4) is 0 Å². The molecule has 0 aliphatic carbocycles. The number of rotatable bonds is 8. The molecule has 3 aromatic heterocycles. The summed E-state index contributed by atoms with van der Waals surface area (Å²) in [7, 11) is -4.08. The molecule has 0 unspecified atom stereocenters. The topological polar surface area (TPSA) is 128 Å². The molecule has 10 nitrogen and oxygen atoms in total. The standard InChI is InChI=1S/C28H29ClFN5O5S2/c1-17(2)15-40-27(36)35-12-9-28(3,10-13-35)25-33-23(24(41-25)21-7-11-31-26(29)32-21)19-5-4-6-20(22(19)30)34-42(37,38)18-8-14-39-16-18/h4-8,11,14,16-17,34H,9-10,12-13,15H2,1-3H3. The van der Waals surface area contributed by atoms with E-state index in [1.165, 1.54) is 42.0 Å². The molecule has 4 aromatic rings. The van der Waals surface area contributed by atoms with Gasteiger partial charge < -0.3 is 14.1 Å². The number of benzene rings is 1. The van der Waals surface area contributed by atoms with Crippen LogP contribution in [0.15, 0.2) is 58.4 Å². The molecule has 1 aromatic carbocycles. The molecule has 0 radical (unpaired) electrons. The first kappa shape index (κ1) is 29.9. The first-order valence-electron chi connectivity index (χ1n) is 13.2. The number of carbonyl (C=O) groups excluding carboxylic acids is 1. The highest BCUT2D eigenvalue weighted by molar-refractivity contribution is 7.92. The molecule has 0 atom stereocenters. The van der Waals surface area contributed by atoms with Crippen molar-refractivity contribution in [1.82, 2.24) is 19.9 Å². The van der Waals surface area contributed by atoms with Gasteiger partial charge in [-0.25, -0.2) is 32.6 Å². The van der Waals surface area contributed by atoms with E-state index < -0.39 is 21.3 Å². The number of thiazole rings is 1. The second-order valence-corrected chi connectivity index (χ2v) is 13.7. The van der Waals surface area contributed by atoms with Gasteiger partial charge in [-0.15, -0.1) is 11.3 Å². The third-order valence-electron chi connectivity index (χ3n) is 6.97. The number of nitrogens with zero attached hydrogens (tertiary/aromatic N) is 4. The van der Waals surface area contributed by atoms with E-state index in [-0.39, 0.29) is 33.4 Å². The molecule has 1 aliphatic rings. The van der Waals surface area contributed by atoms with Gasteiger partial charge in [-0.1, -0.05) is 26.8 Å². The fourth-order valence-corrected chi connectivity index (χ4v) is 6.90. The molecule has 1 aliphatic heterocycles. The van der Waals surface area contributed by atoms with Crippen LogP contribution in [0.1, 0.15) is 38.6 Å². The first-order chi connectivity index (χ1) is 20.0. The van der Waals surface area contributed by atoms with Crippen molar-refractivity contribution in [2.75, 3.05) is 24.4 Å². The summed E-state index contributed by atoms with van der Waals surface area (Å²) in [5.41, 5.74) is 0.185. The van der Waals surface area contributed by atoms with Crippen LogP contribution < -0.4 is 4.72 Å². The highest BCUT2D eigenvalue weighted by Crippen LogP contribution is 2.45. The van der Waals surface area contributed by atoms with E-state index in [1.807, 2.05) is 13.8 Å². The van der Waals surface area contributed by atoms with E-state index in [4.69, 9.17) is 25.7 Å². The highest BCUT2D eigenvalue weighted by atomic mass is 35.5. The summed E-state index contributed by atoms with van der Waals surface area (Å²) >= 11 is 7.46. The Morgan fingerprint density at radius 3 is 2.67 bits per heavy atom. The van der Waals surface area contributed by atoms with E-state index in [0.29, 0.717) is 48.8 Å². The molecule has 0 saturated carbocycles. The Bertz CT molecular complexity index is 1690. The molecule has 0 bridgehead atoms. The summed E-state index contributed by atoms with van der Waals surface area (Å²) in [5.74, 6) is -0.554. The lowest BCUT2D eigenvalue weighted by molar-refractivity contribution is 0.0762. The van der Waals surface area contributed by atoms with Crippen molar-refractivity contribution in [2.45, 2.75) is 43.9 Å². The molecular weight excluding hydrogens is 605 g/mol. The average Bonchev–Trinajstić information content (AvgIpc) is 3.65. The van der Waals surface area contributed by atoms with Crippen molar-refractivity contribution in [3.63, 3.8) is 0 Å². The van der Waals surface area contributed by atoms with Crippen LogP contribution in [0.25, 0.3) is 21.8 Å². The normalized spacial score (nSPS) is 15.1. The number of hydrogen-bond donors (Lipinski definition) is 1. The minimum atomic E-state index is -4.08. The van der Waals surface area contributed by atoms with E-state index in [1.54, 1.807) is 17.0 Å². The van der Waals surface area contributed by atoms with Crippen LogP contribution in [-0.4, -0.2) is 54.1 Å². The fraction of sp³-hybridized carbons (Fsp3) is 0.357. The lowest BCUT2D eigenvalue weighted by atomic mass is 9.81. The Morgan fingerprint density at radius 2 is 2.00 bits per heavy atom. The van der Waals surface area contributed by atoms with Crippen molar-refractivity contribution in [2.24, 2.45) is 5.92 Å². The molecule has 4 heterocycles. The predicted octanol–water partition coefficient (Wildman–Crippen LogP) is 6.60. The average molecular weight is 634 g/mol. The zero-order valence-electron chi connectivity index (χ0n) is 23.1. The number of ether oxygens (including phenoxy) is 1. The molecule has 1 N–H and O–H groups in total. The van der Waals surface area contributed by atoms with Gasteiger partial charge in [0.2, 0.25) is 5.28 Å². The number of halogens is 2. The Balaban J connectivity index is 1.50. The SMILES string of the molecule is CC(C)COC(=O)N1CCC(C)(c2nc(-c3cccc(NS(=O)(=O)c4ccoc4)c3F)c(-c3ccnc(Cl)n3)s2)CC1. The molecule has 5 rings (SSSR count). The molecule has 1 saturated heterocycles. The maximum absolute atomic E-state index is 16.0. The second-order valence-electron chi connectivity index (χ2n) is 10.7. The largest absolute Gasteiger partial charge is 0.471 e. The van der Waals surface area contributed by atoms with Crippen LogP contribution in [0, 0.1) is 11.7 Å². The van der Waals surface area contributed by atoms with Crippen LogP contribution >= 0.6 is 22.9 Å². The summed E-state index contributed by atoms with van der Waals surface area (Å²) in [5, 5.41) is 0.760. The molecule has 42 heavy (non-hydrogen) atoms. The maximum atomic E-state index is 16.0. The van der Waals surface area contributed by atoms with Crippen molar-refractivity contribution in [1.29, 1.82) is 0 Å². The highest BCUT2D eigenvalue weighted by Gasteiger charge is 2.38. The molecular formula is C28H29ClFN5O5S2. The molecule has 1 fully saturated rings. The van der Waals surface area contributed by atoms with E-state index in [2.05, 4.69) is 21.6 Å². The van der Waals surface area contributed by atoms with Gasteiger partial charge in [0, 0.05) is 30.3 Å². The summed E-state index contributed by atoms with van der Waals surface area (Å²) in [6, 6.07) is 7.34. The van der Waals surface area contributed by atoms with E-state index >= 15 is 4.39 Å². The summed E-state index contributed by atoms with van der Waals surface area (Å²) in [6.45, 7) is 7.35. The van der Waals surface area contributed by atoms with Crippen molar-refractivity contribution >= 4 is 44.7 Å². The molecule has 0 spiro atoms. The molecule has 222 valence electrons. The minimum Gasteiger partial charge on any atom is -0.471 e. The van der Waals surface area contributed by atoms with Gasteiger partial charge in [0.15, 0.2) is 5.82 Å². The molecule has 1 amide bonds. The monoisotopic (exact) mass is 633 g/mol. The minimum absolute atomic E-state index is 0.0231. The number of carbonyl (C=O) groups is 1. The van der Waals surface area contributed by atoms with Crippen LogP contribution in [0.4, 0.5) is 14.9 Å². The summed E-state index contributed by atoms with van der Waals surface area (Å²) in [4.78, 5) is 27.8. The van der Waals surface area contributed by atoms with Gasteiger partial charge in [-0.2, -0.15) is 0 Å². The number of likely N-dealkylation sites (tertiary alicyclic amines) is 1. The predicted molar refractivity (Wildman–Crippen MR) is 157 cm³/mol. The quantitative estimate of drug-likeness (QED) is 0.215. The zero-order chi connectivity index (χ0) is 30.1. The Kier molecular flexibility index (Phi) is 8.53.